The molecule has 9 nitrogen and oxygen atoms in total. The highest BCUT2D eigenvalue weighted by Gasteiger charge is 2.60. The molecule has 2 aliphatic carbocycles. The number of aliphatic hydroxyl groups excluding tert-OH is 2. The highest BCUT2D eigenvalue weighted by Crippen LogP contribution is 2.56. The molecule has 0 spiro atoms. The zero-order valence-electron chi connectivity index (χ0n) is 32.0. The molecule has 0 radical (unpaired) electrons. The van der Waals surface area contributed by atoms with Crippen LogP contribution in [0.2, 0.25) is 0 Å². The Morgan fingerprint density at radius 1 is 0.960 bits per heavy atom. The van der Waals surface area contributed by atoms with E-state index < -0.39 is 58.7 Å². The van der Waals surface area contributed by atoms with Crippen molar-refractivity contribution in [3.63, 3.8) is 0 Å². The number of ketones is 3. The summed E-state index contributed by atoms with van der Waals surface area (Å²) in [7, 11) is 1.27. The molecule has 0 amide bonds. The van der Waals surface area contributed by atoms with Gasteiger partial charge in [0.1, 0.15) is 17.3 Å². The molecule has 1 saturated heterocycles. The summed E-state index contributed by atoms with van der Waals surface area (Å²) in [6.45, 7) is 15.0. The number of carbonyl (C=O) groups is 4. The molecule has 2 heterocycles. The van der Waals surface area contributed by atoms with E-state index in [1.165, 1.54) is 7.11 Å². The fraction of sp³-hybridized carbons (Fsp3) is 0.805. The summed E-state index contributed by atoms with van der Waals surface area (Å²) in [5.41, 5.74) is -1.96. The fourth-order valence-corrected chi connectivity index (χ4v) is 9.56. The molecule has 1 saturated carbocycles. The molecule has 11 atom stereocenters. The van der Waals surface area contributed by atoms with Gasteiger partial charge < -0.3 is 24.8 Å². The van der Waals surface area contributed by atoms with E-state index in [9.17, 15) is 34.5 Å². The number of esters is 1. The zero-order chi connectivity index (χ0) is 37.3. The van der Waals surface area contributed by atoms with Crippen molar-refractivity contribution in [1.82, 2.24) is 0 Å². The summed E-state index contributed by atoms with van der Waals surface area (Å²) in [5.74, 6) is -3.92. The Hall–Kier alpha value is -2.20. The molecule has 282 valence electrons. The van der Waals surface area contributed by atoms with Crippen LogP contribution in [0.25, 0.3) is 0 Å². The van der Waals surface area contributed by atoms with Gasteiger partial charge in [0.25, 0.3) is 0 Å². The number of methoxy groups -OCH3 is 1. The number of hydrogen-bond acceptors (Lipinski definition) is 9. The number of ether oxygens (including phenoxy) is 2. The molecular formula is C41H64O9. The van der Waals surface area contributed by atoms with Gasteiger partial charge in [-0.3, -0.25) is 19.2 Å². The third-order valence-corrected chi connectivity index (χ3v) is 13.0. The van der Waals surface area contributed by atoms with Crippen molar-refractivity contribution in [3.8, 4) is 0 Å². The lowest BCUT2D eigenvalue weighted by Crippen LogP contribution is -2.55. The number of aliphatic hydroxyl groups is 3. The maximum atomic E-state index is 14.7. The van der Waals surface area contributed by atoms with Crippen molar-refractivity contribution < 1.29 is 44.0 Å². The van der Waals surface area contributed by atoms with Crippen molar-refractivity contribution in [2.45, 2.75) is 162 Å². The summed E-state index contributed by atoms with van der Waals surface area (Å²) in [6, 6.07) is 0. The molecule has 0 unspecified atom stereocenters. The fourth-order valence-electron chi connectivity index (χ4n) is 9.56. The number of hydrogen-bond donors (Lipinski definition) is 3. The summed E-state index contributed by atoms with van der Waals surface area (Å²) >= 11 is 0. The Kier molecular flexibility index (Phi) is 12.8. The van der Waals surface area contributed by atoms with Crippen LogP contribution < -0.4 is 0 Å². The van der Waals surface area contributed by atoms with Gasteiger partial charge in [0.15, 0.2) is 0 Å². The van der Waals surface area contributed by atoms with Crippen LogP contribution in [0, 0.1) is 40.9 Å². The minimum Gasteiger partial charge on any atom is -0.469 e. The summed E-state index contributed by atoms with van der Waals surface area (Å²) in [4.78, 5) is 57.4. The average molecular weight is 701 g/mol. The van der Waals surface area contributed by atoms with Crippen LogP contribution in [0.15, 0.2) is 22.8 Å². The van der Waals surface area contributed by atoms with Crippen LogP contribution in [0.3, 0.4) is 0 Å². The predicted octanol–water partition coefficient (Wildman–Crippen LogP) is 6.25. The highest BCUT2D eigenvalue weighted by atomic mass is 16.5. The SMILES string of the molecule is COC(=O)[C@]12CC(=O)[C@H](C(C)C)CC(=O)[C@H](C)CCC[C@H](C)CC(=O)[C@H]1CC(C)=C1[C@H](O)C[C@](C)(O)[C@H]3CC[C@](C)(O3)[C@H](O)CC/C(C)=C/[C@@H]12. The smallest absolute Gasteiger partial charge is 0.313 e. The van der Waals surface area contributed by atoms with Crippen LogP contribution in [-0.4, -0.2) is 75.3 Å². The standard InChI is InChI=1S/C41H64O9/c1-23(2)28-20-31(42)26(5)12-10-11-24(3)18-32(43)29-19-27(6)37-30(41(29,22-33(28)44)38(47)49-9)17-25(4)13-14-35(46)40(8)16-15-36(50-40)39(7,48)21-34(37)45/h17,23-24,26,28-30,34-36,45-46,48H,10-16,18-22H2,1-9H3/b25-17+/t24-,26+,28-,29+,30-,34+,35+,36+,39-,40-,41+/m0/s1. The van der Waals surface area contributed by atoms with Crippen LogP contribution >= 0.6 is 0 Å². The van der Waals surface area contributed by atoms with Gasteiger partial charge in [0.2, 0.25) is 0 Å². The van der Waals surface area contributed by atoms with Crippen molar-refractivity contribution in [3.05, 3.63) is 22.8 Å². The normalized spacial score (nSPS) is 42.7. The van der Waals surface area contributed by atoms with Gasteiger partial charge in [-0.15, -0.1) is 0 Å². The highest BCUT2D eigenvalue weighted by molar-refractivity contribution is 5.97. The largest absolute Gasteiger partial charge is 0.469 e. The lowest BCUT2D eigenvalue weighted by molar-refractivity contribution is -0.169. The lowest BCUT2D eigenvalue weighted by Gasteiger charge is -2.49. The third-order valence-electron chi connectivity index (χ3n) is 13.0. The van der Waals surface area contributed by atoms with Gasteiger partial charge in [-0.25, -0.2) is 0 Å². The van der Waals surface area contributed by atoms with E-state index in [1.54, 1.807) is 6.92 Å². The molecule has 50 heavy (non-hydrogen) atoms. The maximum absolute atomic E-state index is 14.7. The Bertz CT molecular complexity index is 1360. The van der Waals surface area contributed by atoms with Gasteiger partial charge in [-0.2, -0.15) is 0 Å². The quantitative estimate of drug-likeness (QED) is 0.225. The average Bonchev–Trinajstić information content (AvgIpc) is 3.45. The van der Waals surface area contributed by atoms with Crippen molar-refractivity contribution in [1.29, 1.82) is 0 Å². The van der Waals surface area contributed by atoms with Gasteiger partial charge >= 0.3 is 5.97 Å². The van der Waals surface area contributed by atoms with Gasteiger partial charge in [-0.1, -0.05) is 57.8 Å². The Labute approximate surface area is 299 Å². The summed E-state index contributed by atoms with van der Waals surface area (Å²) in [5, 5.41) is 35.4. The van der Waals surface area contributed by atoms with Crippen LogP contribution in [0.4, 0.5) is 0 Å². The molecule has 2 fully saturated rings. The van der Waals surface area contributed by atoms with E-state index in [4.69, 9.17) is 9.47 Å². The van der Waals surface area contributed by atoms with E-state index in [2.05, 4.69) is 0 Å². The minimum absolute atomic E-state index is 0.00387. The van der Waals surface area contributed by atoms with E-state index in [0.29, 0.717) is 37.7 Å². The second kappa shape index (κ2) is 15.8. The predicted molar refractivity (Wildman–Crippen MR) is 191 cm³/mol. The maximum Gasteiger partial charge on any atom is 0.313 e. The summed E-state index contributed by atoms with van der Waals surface area (Å²) in [6.07, 6.45) is 3.32. The topological polar surface area (TPSA) is 147 Å². The van der Waals surface area contributed by atoms with E-state index in [-0.39, 0.29) is 67.2 Å². The second-order valence-electron chi connectivity index (χ2n) is 17.4. The number of rotatable bonds is 2. The first-order valence-corrected chi connectivity index (χ1v) is 19.1. The molecule has 0 aromatic heterocycles. The number of Topliss-reactive ketones (excluding diaryl/α,β-unsaturated/α-hetero) is 3. The monoisotopic (exact) mass is 700 g/mol. The Morgan fingerprint density at radius 3 is 2.28 bits per heavy atom. The van der Waals surface area contributed by atoms with Crippen molar-refractivity contribution in [2.24, 2.45) is 40.9 Å². The zero-order valence-corrected chi connectivity index (χ0v) is 32.0. The molecule has 2 bridgehead atoms. The Balaban J connectivity index is 1.98. The van der Waals surface area contributed by atoms with E-state index in [0.717, 1.165) is 24.0 Å². The molecule has 9 heteroatoms. The van der Waals surface area contributed by atoms with E-state index in [1.807, 2.05) is 54.5 Å². The third kappa shape index (κ3) is 8.21. The molecule has 2 aliphatic heterocycles. The number of fused-ring (bicyclic) bond motifs is 5. The molecule has 0 aromatic rings. The molecule has 4 rings (SSSR count). The first kappa shape index (κ1) is 40.6. The first-order chi connectivity index (χ1) is 23.3. The summed E-state index contributed by atoms with van der Waals surface area (Å²) < 4.78 is 11.9. The van der Waals surface area contributed by atoms with Crippen LogP contribution in [0.1, 0.15) is 132 Å². The van der Waals surface area contributed by atoms with E-state index >= 15 is 0 Å². The van der Waals surface area contributed by atoms with Crippen molar-refractivity contribution in [2.75, 3.05) is 7.11 Å². The van der Waals surface area contributed by atoms with Crippen LogP contribution in [0.5, 0.6) is 0 Å². The van der Waals surface area contributed by atoms with Gasteiger partial charge in [0, 0.05) is 49.4 Å². The van der Waals surface area contributed by atoms with Crippen molar-refractivity contribution >= 4 is 23.3 Å². The minimum atomic E-state index is -1.70. The van der Waals surface area contributed by atoms with Crippen LogP contribution in [-0.2, 0) is 28.7 Å². The Morgan fingerprint density at radius 2 is 1.64 bits per heavy atom. The second-order valence-corrected chi connectivity index (χ2v) is 17.4. The molecule has 3 N–H and O–H groups in total. The lowest BCUT2D eigenvalue weighted by atomic mass is 9.52. The first-order valence-electron chi connectivity index (χ1n) is 19.1. The number of carbonyl (C=O) groups excluding carboxylic acids is 4. The molecular weight excluding hydrogens is 636 g/mol. The number of allylic oxidation sites excluding steroid dienone is 3. The molecule has 4 aliphatic rings. The van der Waals surface area contributed by atoms with Gasteiger partial charge in [-0.05, 0) is 83.6 Å². The molecule has 0 aromatic carbocycles. The van der Waals surface area contributed by atoms with Gasteiger partial charge in [0.05, 0.1) is 42.0 Å².